The van der Waals surface area contributed by atoms with Crippen LogP contribution in [0.15, 0.2) is 48.5 Å². The lowest BCUT2D eigenvalue weighted by Crippen LogP contribution is -2.32. The average Bonchev–Trinajstić information content (AvgIpc) is 2.96. The molecule has 1 aliphatic heterocycles. The van der Waals surface area contributed by atoms with Gasteiger partial charge in [-0.05, 0) is 43.9 Å². The number of aliphatic hydroxyl groups excluding tert-OH is 1. The fraction of sp³-hybridized carbons (Fsp3) is 0.381. The summed E-state index contributed by atoms with van der Waals surface area (Å²) < 4.78 is 0. The van der Waals surface area contributed by atoms with E-state index in [0.29, 0.717) is 13.0 Å². The maximum absolute atomic E-state index is 12.9. The number of likely N-dealkylation sites (tertiary alicyclic amines) is 1. The van der Waals surface area contributed by atoms with Crippen LogP contribution in [-0.4, -0.2) is 22.5 Å². The van der Waals surface area contributed by atoms with Gasteiger partial charge in [-0.3, -0.25) is 4.79 Å². The Hall–Kier alpha value is -2.13. The van der Waals surface area contributed by atoms with Crippen molar-refractivity contribution in [2.45, 2.75) is 39.3 Å². The van der Waals surface area contributed by atoms with Crippen LogP contribution < -0.4 is 0 Å². The van der Waals surface area contributed by atoms with Crippen LogP contribution in [0, 0.1) is 19.8 Å². The van der Waals surface area contributed by atoms with Gasteiger partial charge in [-0.1, -0.05) is 54.1 Å². The number of carbonyl (C=O) groups is 1. The van der Waals surface area contributed by atoms with Crippen molar-refractivity contribution in [3.63, 3.8) is 0 Å². The van der Waals surface area contributed by atoms with Gasteiger partial charge in [-0.25, -0.2) is 0 Å². The van der Waals surface area contributed by atoms with Gasteiger partial charge in [-0.15, -0.1) is 0 Å². The molecule has 24 heavy (non-hydrogen) atoms. The lowest BCUT2D eigenvalue weighted by atomic mass is 9.91. The molecule has 0 unspecified atom stereocenters. The summed E-state index contributed by atoms with van der Waals surface area (Å²) in [7, 11) is 0. The zero-order valence-corrected chi connectivity index (χ0v) is 14.6. The third-order valence-electron chi connectivity index (χ3n) is 5.16. The molecular weight excluding hydrogens is 298 g/mol. The molecular formula is C21H25NO2. The van der Waals surface area contributed by atoms with Crippen LogP contribution in [0.1, 0.15) is 47.7 Å². The van der Waals surface area contributed by atoms with Crippen molar-refractivity contribution in [1.29, 1.82) is 0 Å². The van der Waals surface area contributed by atoms with Crippen molar-refractivity contribution in [1.82, 2.24) is 4.90 Å². The highest BCUT2D eigenvalue weighted by Crippen LogP contribution is 2.36. The van der Waals surface area contributed by atoms with Gasteiger partial charge in [0.2, 0.25) is 5.91 Å². The molecule has 1 N–H and O–H groups in total. The Morgan fingerprint density at radius 3 is 2.50 bits per heavy atom. The maximum Gasteiger partial charge on any atom is 0.229 e. The predicted octanol–water partition coefficient (Wildman–Crippen LogP) is 3.95. The van der Waals surface area contributed by atoms with E-state index in [1.54, 1.807) is 0 Å². The fourth-order valence-electron chi connectivity index (χ4n) is 3.69. The smallest absolute Gasteiger partial charge is 0.229 e. The van der Waals surface area contributed by atoms with Crippen LogP contribution in [0.3, 0.4) is 0 Å². The Kier molecular flexibility index (Phi) is 4.72. The third-order valence-corrected chi connectivity index (χ3v) is 5.16. The Balaban J connectivity index is 1.78. The van der Waals surface area contributed by atoms with Gasteiger partial charge in [0, 0.05) is 6.54 Å². The first-order valence-corrected chi connectivity index (χ1v) is 8.59. The zero-order chi connectivity index (χ0) is 17.3. The molecule has 0 aromatic heterocycles. The second-order valence-corrected chi connectivity index (χ2v) is 6.82. The summed E-state index contributed by atoms with van der Waals surface area (Å²) in [5.41, 5.74) is 4.21. The van der Waals surface area contributed by atoms with Gasteiger partial charge in [-0.2, -0.15) is 0 Å². The van der Waals surface area contributed by atoms with Crippen molar-refractivity contribution in [3.05, 3.63) is 70.8 Å². The number of nitrogens with zero attached hydrogens (tertiary/aromatic N) is 1. The highest BCUT2D eigenvalue weighted by Gasteiger charge is 2.39. The number of hydrogen-bond donors (Lipinski definition) is 1. The van der Waals surface area contributed by atoms with E-state index in [0.717, 1.165) is 16.7 Å². The number of benzene rings is 2. The summed E-state index contributed by atoms with van der Waals surface area (Å²) in [5, 5.41) is 10.8. The number of hydrogen-bond acceptors (Lipinski definition) is 2. The molecule has 1 aliphatic rings. The first kappa shape index (κ1) is 16.7. The van der Waals surface area contributed by atoms with Crippen LogP contribution >= 0.6 is 0 Å². The molecule has 2 aromatic carbocycles. The van der Waals surface area contributed by atoms with Crippen LogP contribution in [0.25, 0.3) is 0 Å². The molecule has 0 spiro atoms. The second-order valence-electron chi connectivity index (χ2n) is 6.82. The van der Waals surface area contributed by atoms with E-state index in [1.165, 1.54) is 5.56 Å². The van der Waals surface area contributed by atoms with Gasteiger partial charge in [0.25, 0.3) is 0 Å². The summed E-state index contributed by atoms with van der Waals surface area (Å²) in [5.74, 6) is -0.295. The quantitative estimate of drug-likeness (QED) is 0.925. The number of rotatable bonds is 4. The van der Waals surface area contributed by atoms with E-state index in [4.69, 9.17) is 0 Å². The lowest BCUT2D eigenvalue weighted by molar-refractivity contribution is -0.135. The van der Waals surface area contributed by atoms with Gasteiger partial charge >= 0.3 is 0 Å². The first-order chi connectivity index (χ1) is 11.5. The van der Waals surface area contributed by atoms with Crippen molar-refractivity contribution in [2.75, 3.05) is 6.54 Å². The Morgan fingerprint density at radius 1 is 1.12 bits per heavy atom. The zero-order valence-electron chi connectivity index (χ0n) is 14.6. The Labute approximate surface area is 143 Å². The molecule has 3 nitrogen and oxygen atoms in total. The van der Waals surface area contributed by atoms with E-state index in [1.807, 2.05) is 61.2 Å². The van der Waals surface area contributed by atoms with E-state index < -0.39 is 6.10 Å². The first-order valence-electron chi connectivity index (χ1n) is 8.59. The summed E-state index contributed by atoms with van der Waals surface area (Å²) in [6, 6.07) is 16.1. The molecule has 1 amide bonds. The number of aryl methyl sites for hydroxylation is 2. The van der Waals surface area contributed by atoms with Crippen molar-refractivity contribution in [3.8, 4) is 0 Å². The van der Waals surface area contributed by atoms with Crippen LogP contribution in [0.4, 0.5) is 0 Å². The number of amides is 1. The van der Waals surface area contributed by atoms with Crippen LogP contribution in [0.2, 0.25) is 0 Å². The normalized spacial score (nSPS) is 20.2. The van der Waals surface area contributed by atoms with Gasteiger partial charge in [0.05, 0.1) is 18.1 Å². The number of aliphatic hydroxyl groups is 1. The van der Waals surface area contributed by atoms with E-state index in [9.17, 15) is 9.90 Å². The summed E-state index contributed by atoms with van der Waals surface area (Å²) in [6.45, 7) is 6.78. The molecule has 0 radical (unpaired) electrons. The highest BCUT2D eigenvalue weighted by atomic mass is 16.3. The predicted molar refractivity (Wildman–Crippen MR) is 95.6 cm³/mol. The lowest BCUT2D eigenvalue weighted by Gasteiger charge is -2.26. The van der Waals surface area contributed by atoms with Crippen molar-refractivity contribution in [2.24, 2.45) is 5.92 Å². The van der Waals surface area contributed by atoms with Crippen LogP contribution in [0.5, 0.6) is 0 Å². The molecule has 3 heteroatoms. The van der Waals surface area contributed by atoms with Gasteiger partial charge in [0.15, 0.2) is 0 Å². The molecule has 0 saturated carbocycles. The molecule has 0 bridgehead atoms. The number of carbonyl (C=O) groups excluding carboxylic acids is 1. The molecule has 2 aromatic rings. The van der Waals surface area contributed by atoms with Crippen LogP contribution in [-0.2, 0) is 4.79 Å². The van der Waals surface area contributed by atoms with Gasteiger partial charge < -0.3 is 10.0 Å². The average molecular weight is 323 g/mol. The third kappa shape index (κ3) is 3.09. The summed E-state index contributed by atoms with van der Waals surface area (Å²) in [4.78, 5) is 14.8. The Bertz CT molecular complexity index is 726. The van der Waals surface area contributed by atoms with E-state index in [2.05, 4.69) is 13.0 Å². The fourth-order valence-corrected chi connectivity index (χ4v) is 3.69. The minimum absolute atomic E-state index is 0.0371. The summed E-state index contributed by atoms with van der Waals surface area (Å²) >= 11 is 0. The molecule has 1 fully saturated rings. The molecule has 0 aliphatic carbocycles. The van der Waals surface area contributed by atoms with E-state index in [-0.39, 0.29) is 17.9 Å². The van der Waals surface area contributed by atoms with Crippen molar-refractivity contribution >= 4 is 5.91 Å². The monoisotopic (exact) mass is 323 g/mol. The maximum atomic E-state index is 12.9. The highest BCUT2D eigenvalue weighted by molar-refractivity contribution is 5.82. The minimum atomic E-state index is -0.730. The molecule has 1 heterocycles. The minimum Gasteiger partial charge on any atom is -0.388 e. The SMILES string of the molecule is Cc1ccc([C@@H](O)[C@H]2CCN([C@@H](C)c3ccccc3)C2=O)c(C)c1. The molecule has 1 saturated heterocycles. The molecule has 126 valence electrons. The Morgan fingerprint density at radius 2 is 1.83 bits per heavy atom. The van der Waals surface area contributed by atoms with Crippen molar-refractivity contribution < 1.29 is 9.90 Å². The van der Waals surface area contributed by atoms with Gasteiger partial charge in [0.1, 0.15) is 0 Å². The second kappa shape index (κ2) is 6.78. The topological polar surface area (TPSA) is 40.5 Å². The standard InChI is InChI=1S/C21H25NO2/c1-14-9-10-18(15(2)13-14)20(23)19-11-12-22(21(19)24)16(3)17-7-5-4-6-8-17/h4-10,13,16,19-20,23H,11-12H2,1-3H3/t16-,19+,20+/m0/s1. The molecule has 3 rings (SSSR count). The van der Waals surface area contributed by atoms with E-state index >= 15 is 0 Å². The summed E-state index contributed by atoms with van der Waals surface area (Å²) in [6.07, 6.45) is -0.0316. The molecule has 3 atom stereocenters. The largest absolute Gasteiger partial charge is 0.388 e.